The van der Waals surface area contributed by atoms with Crippen molar-refractivity contribution in [2.45, 2.75) is 0 Å². The zero-order valence-corrected chi connectivity index (χ0v) is 12.2. The van der Waals surface area contributed by atoms with Gasteiger partial charge in [0, 0.05) is 29.3 Å². The number of rotatable bonds is 2. The second kappa shape index (κ2) is 5.43. The highest BCUT2D eigenvalue weighted by molar-refractivity contribution is 6.31. The molecule has 3 aromatic rings. The van der Waals surface area contributed by atoms with Gasteiger partial charge < -0.3 is 4.90 Å². The smallest absolute Gasteiger partial charge is 0.0991 e. The first-order valence-electron chi connectivity index (χ1n) is 6.47. The van der Waals surface area contributed by atoms with Gasteiger partial charge in [0.25, 0.3) is 0 Å². The van der Waals surface area contributed by atoms with Crippen molar-refractivity contribution in [3.8, 4) is 6.07 Å². The highest BCUT2D eigenvalue weighted by Gasteiger charge is 2.09. The van der Waals surface area contributed by atoms with Crippen molar-refractivity contribution in [1.82, 2.24) is 4.98 Å². The summed E-state index contributed by atoms with van der Waals surface area (Å²) < 4.78 is 0. The Labute approximate surface area is 128 Å². The Morgan fingerprint density at radius 3 is 2.57 bits per heavy atom. The molecule has 0 aliphatic carbocycles. The molecule has 0 fully saturated rings. The third-order valence-electron chi connectivity index (χ3n) is 3.43. The zero-order chi connectivity index (χ0) is 14.8. The lowest BCUT2D eigenvalue weighted by Crippen LogP contribution is -2.10. The van der Waals surface area contributed by atoms with Gasteiger partial charge in [-0.2, -0.15) is 5.26 Å². The van der Waals surface area contributed by atoms with Crippen LogP contribution in [-0.4, -0.2) is 12.0 Å². The number of nitriles is 1. The molecule has 0 amide bonds. The molecule has 0 N–H and O–H groups in total. The Hall–Kier alpha value is -2.57. The molecule has 0 saturated heterocycles. The van der Waals surface area contributed by atoms with E-state index in [1.807, 2.05) is 55.6 Å². The van der Waals surface area contributed by atoms with Gasteiger partial charge in [-0.25, -0.2) is 0 Å². The van der Waals surface area contributed by atoms with Crippen LogP contribution < -0.4 is 4.90 Å². The predicted molar refractivity (Wildman–Crippen MR) is 86.0 cm³/mol. The predicted octanol–water partition coefficient (Wildman–Crippen LogP) is 4.53. The number of anilines is 2. The van der Waals surface area contributed by atoms with Crippen LogP contribution in [0, 0.1) is 11.3 Å². The lowest BCUT2D eigenvalue weighted by Gasteiger charge is -2.21. The summed E-state index contributed by atoms with van der Waals surface area (Å²) in [7, 11) is 1.99. The summed E-state index contributed by atoms with van der Waals surface area (Å²) in [6, 6.07) is 17.3. The second-order valence-electron chi connectivity index (χ2n) is 4.71. The van der Waals surface area contributed by atoms with Gasteiger partial charge in [0.05, 0.1) is 22.8 Å². The number of nitrogens with zero attached hydrogens (tertiary/aromatic N) is 3. The summed E-state index contributed by atoms with van der Waals surface area (Å²) in [6.45, 7) is 0. The van der Waals surface area contributed by atoms with Gasteiger partial charge in [0.15, 0.2) is 0 Å². The summed E-state index contributed by atoms with van der Waals surface area (Å²) in [6.07, 6.45) is 1.77. The second-order valence-corrected chi connectivity index (χ2v) is 5.15. The first kappa shape index (κ1) is 13.4. The van der Waals surface area contributed by atoms with Crippen molar-refractivity contribution in [2.24, 2.45) is 0 Å². The molecule has 4 heteroatoms. The van der Waals surface area contributed by atoms with Gasteiger partial charge in [-0.15, -0.1) is 0 Å². The van der Waals surface area contributed by atoms with E-state index in [1.165, 1.54) is 0 Å². The maximum Gasteiger partial charge on any atom is 0.0991 e. The molecule has 3 nitrogen and oxygen atoms in total. The zero-order valence-electron chi connectivity index (χ0n) is 11.4. The monoisotopic (exact) mass is 293 g/mol. The first-order valence-corrected chi connectivity index (χ1v) is 6.85. The fourth-order valence-electron chi connectivity index (χ4n) is 2.30. The summed E-state index contributed by atoms with van der Waals surface area (Å²) in [5, 5.41) is 10.6. The van der Waals surface area contributed by atoms with E-state index in [0.29, 0.717) is 10.6 Å². The van der Waals surface area contributed by atoms with Crippen LogP contribution in [0.4, 0.5) is 11.4 Å². The van der Waals surface area contributed by atoms with Crippen LogP contribution in [0.5, 0.6) is 0 Å². The van der Waals surface area contributed by atoms with Crippen LogP contribution in [0.25, 0.3) is 10.9 Å². The lowest BCUT2D eigenvalue weighted by molar-refractivity contribution is 1.21. The summed E-state index contributed by atoms with van der Waals surface area (Å²) >= 11 is 6.02. The molecule has 0 aliphatic rings. The minimum Gasteiger partial charge on any atom is -0.344 e. The quantitative estimate of drug-likeness (QED) is 0.697. The van der Waals surface area contributed by atoms with E-state index in [2.05, 4.69) is 16.0 Å². The Kier molecular flexibility index (Phi) is 3.47. The van der Waals surface area contributed by atoms with Crippen LogP contribution in [0.3, 0.4) is 0 Å². The molecule has 0 spiro atoms. The lowest BCUT2D eigenvalue weighted by atomic mass is 10.1. The first-order chi connectivity index (χ1) is 10.2. The third-order valence-corrected chi connectivity index (χ3v) is 3.66. The topological polar surface area (TPSA) is 39.9 Å². The molecule has 1 aromatic heterocycles. The molecular weight excluding hydrogens is 282 g/mol. The molecule has 0 bridgehead atoms. The van der Waals surface area contributed by atoms with Crippen molar-refractivity contribution in [3.63, 3.8) is 0 Å². The molecular formula is C17H12ClN3. The highest BCUT2D eigenvalue weighted by atomic mass is 35.5. The van der Waals surface area contributed by atoms with E-state index >= 15 is 0 Å². The van der Waals surface area contributed by atoms with E-state index in [0.717, 1.165) is 22.3 Å². The molecule has 0 radical (unpaired) electrons. The van der Waals surface area contributed by atoms with Crippen molar-refractivity contribution in [3.05, 3.63) is 65.3 Å². The average molecular weight is 294 g/mol. The van der Waals surface area contributed by atoms with Gasteiger partial charge in [0.2, 0.25) is 0 Å². The normalized spacial score (nSPS) is 10.3. The number of benzene rings is 2. The highest BCUT2D eigenvalue weighted by Crippen LogP contribution is 2.31. The maximum atomic E-state index is 8.87. The molecule has 0 atom stereocenters. The van der Waals surface area contributed by atoms with Crippen molar-refractivity contribution in [2.75, 3.05) is 11.9 Å². The Morgan fingerprint density at radius 2 is 1.86 bits per heavy atom. The molecule has 0 saturated carbocycles. The van der Waals surface area contributed by atoms with Gasteiger partial charge in [-0.3, -0.25) is 4.98 Å². The number of hydrogen-bond donors (Lipinski definition) is 0. The molecule has 21 heavy (non-hydrogen) atoms. The number of hydrogen-bond acceptors (Lipinski definition) is 3. The van der Waals surface area contributed by atoms with Crippen molar-refractivity contribution in [1.29, 1.82) is 5.26 Å². The van der Waals surface area contributed by atoms with E-state index < -0.39 is 0 Å². The van der Waals surface area contributed by atoms with Crippen molar-refractivity contribution >= 4 is 33.9 Å². The SMILES string of the molecule is CN(c1ccc(C#N)cc1)c1ccnc2cc(Cl)ccc12. The maximum absolute atomic E-state index is 8.87. The summed E-state index contributed by atoms with van der Waals surface area (Å²) in [4.78, 5) is 6.42. The van der Waals surface area contributed by atoms with E-state index in [4.69, 9.17) is 16.9 Å². The summed E-state index contributed by atoms with van der Waals surface area (Å²) in [5.74, 6) is 0. The van der Waals surface area contributed by atoms with Crippen LogP contribution in [0.1, 0.15) is 5.56 Å². The average Bonchev–Trinajstić information content (AvgIpc) is 2.53. The fraction of sp³-hybridized carbons (Fsp3) is 0.0588. The number of aromatic nitrogens is 1. The molecule has 102 valence electrons. The minimum absolute atomic E-state index is 0.651. The molecule has 1 heterocycles. The van der Waals surface area contributed by atoms with Crippen molar-refractivity contribution < 1.29 is 0 Å². The standard InChI is InChI=1S/C17H12ClN3/c1-21(14-5-2-12(11-19)3-6-14)17-8-9-20-16-10-13(18)4-7-15(16)17/h2-10H,1H3. The number of fused-ring (bicyclic) bond motifs is 1. The van der Waals surface area contributed by atoms with Crippen LogP contribution in [-0.2, 0) is 0 Å². The van der Waals surface area contributed by atoms with E-state index in [-0.39, 0.29) is 0 Å². The largest absolute Gasteiger partial charge is 0.344 e. The van der Waals surface area contributed by atoms with Crippen LogP contribution in [0.2, 0.25) is 5.02 Å². The summed E-state index contributed by atoms with van der Waals surface area (Å²) in [5.41, 5.74) is 3.57. The Balaban J connectivity index is 2.08. The fourth-order valence-corrected chi connectivity index (χ4v) is 2.46. The molecule has 0 unspecified atom stereocenters. The van der Waals surface area contributed by atoms with Gasteiger partial charge in [-0.1, -0.05) is 11.6 Å². The minimum atomic E-state index is 0.651. The van der Waals surface area contributed by atoms with Gasteiger partial charge in [0.1, 0.15) is 0 Å². The molecule has 2 aromatic carbocycles. The number of pyridine rings is 1. The van der Waals surface area contributed by atoms with Crippen LogP contribution >= 0.6 is 11.6 Å². The Morgan fingerprint density at radius 1 is 1.10 bits per heavy atom. The van der Waals surface area contributed by atoms with Crippen LogP contribution in [0.15, 0.2) is 54.7 Å². The van der Waals surface area contributed by atoms with E-state index in [1.54, 1.807) is 6.20 Å². The number of halogens is 1. The van der Waals surface area contributed by atoms with Gasteiger partial charge in [-0.05, 0) is 48.5 Å². The Bertz CT molecular complexity index is 835. The molecule has 0 aliphatic heterocycles. The molecule has 3 rings (SSSR count). The third kappa shape index (κ3) is 2.54. The van der Waals surface area contributed by atoms with Gasteiger partial charge >= 0.3 is 0 Å². The van der Waals surface area contributed by atoms with E-state index in [9.17, 15) is 0 Å².